The number of hydrogen-bond acceptors (Lipinski definition) is 5. The van der Waals surface area contributed by atoms with Crippen LogP contribution in [0.4, 0.5) is 4.39 Å². The molecular formula is C22H20BrFN4O. The Balaban J connectivity index is 1.33. The minimum absolute atomic E-state index is 0.262. The van der Waals surface area contributed by atoms with Gasteiger partial charge in [0, 0.05) is 18.9 Å². The molecule has 0 amide bonds. The minimum atomic E-state index is -0.284. The third-order valence-electron chi connectivity index (χ3n) is 5.23. The average molecular weight is 455 g/mol. The largest absolute Gasteiger partial charge is 0.339 e. The van der Waals surface area contributed by atoms with E-state index in [9.17, 15) is 4.39 Å². The van der Waals surface area contributed by atoms with Crippen molar-refractivity contribution >= 4 is 15.9 Å². The summed E-state index contributed by atoms with van der Waals surface area (Å²) in [4.78, 5) is 6.96. The molecule has 0 unspecified atom stereocenters. The second-order valence-electron chi connectivity index (χ2n) is 7.34. The summed E-state index contributed by atoms with van der Waals surface area (Å²) in [5.41, 5.74) is 2.79. The van der Waals surface area contributed by atoms with E-state index in [4.69, 9.17) is 9.78 Å². The molecule has 148 valence electrons. The van der Waals surface area contributed by atoms with Gasteiger partial charge in [-0.1, -0.05) is 23.4 Å². The third-order valence-corrected chi connectivity index (χ3v) is 5.84. The summed E-state index contributed by atoms with van der Waals surface area (Å²) in [6.45, 7) is 2.74. The van der Waals surface area contributed by atoms with E-state index in [1.165, 1.54) is 6.07 Å². The lowest BCUT2D eigenvalue weighted by Crippen LogP contribution is -2.32. The van der Waals surface area contributed by atoms with Gasteiger partial charge in [0.2, 0.25) is 5.89 Å². The summed E-state index contributed by atoms with van der Waals surface area (Å²) in [5, 5.41) is 13.1. The average Bonchev–Trinajstić information content (AvgIpc) is 3.20. The zero-order valence-corrected chi connectivity index (χ0v) is 17.4. The molecule has 0 N–H and O–H groups in total. The second-order valence-corrected chi connectivity index (χ2v) is 8.19. The standard InChI is InChI=1S/C22H20BrFN4O/c23-19-11-15(4-5-20(19)24)12-21-26-22(29-27-21)18-6-8-28(9-7-18)14-17-3-1-2-16(10-17)13-25/h1-5,10-11,18H,6-9,12,14H2. The Morgan fingerprint density at radius 3 is 2.76 bits per heavy atom. The predicted molar refractivity (Wildman–Crippen MR) is 110 cm³/mol. The molecule has 0 atom stereocenters. The lowest BCUT2D eigenvalue weighted by Gasteiger charge is -2.30. The molecular weight excluding hydrogens is 435 g/mol. The molecule has 5 nitrogen and oxygen atoms in total. The summed E-state index contributed by atoms with van der Waals surface area (Å²) in [5.74, 6) is 1.29. The first kappa shape index (κ1) is 19.7. The Labute approximate surface area is 177 Å². The maximum atomic E-state index is 13.4. The topological polar surface area (TPSA) is 66.0 Å². The number of halogens is 2. The fourth-order valence-corrected chi connectivity index (χ4v) is 4.10. The fourth-order valence-electron chi connectivity index (χ4n) is 3.67. The van der Waals surface area contributed by atoms with Crippen molar-refractivity contribution in [3.05, 3.63) is 81.2 Å². The molecule has 29 heavy (non-hydrogen) atoms. The smallest absolute Gasteiger partial charge is 0.229 e. The van der Waals surface area contributed by atoms with Crippen molar-refractivity contribution in [3.8, 4) is 6.07 Å². The number of likely N-dealkylation sites (tertiary alicyclic amines) is 1. The third kappa shape index (κ3) is 4.89. The van der Waals surface area contributed by atoms with E-state index >= 15 is 0 Å². The number of nitrogens with zero attached hydrogens (tertiary/aromatic N) is 4. The van der Waals surface area contributed by atoms with Crippen LogP contribution in [0.2, 0.25) is 0 Å². The van der Waals surface area contributed by atoms with E-state index in [-0.39, 0.29) is 11.7 Å². The van der Waals surface area contributed by atoms with E-state index in [0.717, 1.165) is 43.6 Å². The van der Waals surface area contributed by atoms with Crippen molar-refractivity contribution in [3.63, 3.8) is 0 Å². The Bertz CT molecular complexity index is 1040. The van der Waals surface area contributed by atoms with Crippen LogP contribution in [0.3, 0.4) is 0 Å². The molecule has 0 bridgehead atoms. The van der Waals surface area contributed by atoms with Crippen LogP contribution < -0.4 is 0 Å². The van der Waals surface area contributed by atoms with Crippen molar-refractivity contribution in [2.45, 2.75) is 31.7 Å². The highest BCUT2D eigenvalue weighted by Crippen LogP contribution is 2.28. The lowest BCUT2D eigenvalue weighted by atomic mass is 9.96. The zero-order chi connectivity index (χ0) is 20.2. The molecule has 7 heteroatoms. The van der Waals surface area contributed by atoms with Gasteiger partial charge in [0.05, 0.1) is 16.1 Å². The van der Waals surface area contributed by atoms with Crippen molar-refractivity contribution in [2.75, 3.05) is 13.1 Å². The molecule has 1 aliphatic rings. The number of benzene rings is 2. The molecule has 2 aromatic carbocycles. The summed E-state index contributed by atoms with van der Waals surface area (Å²) in [6.07, 6.45) is 2.43. The van der Waals surface area contributed by atoms with Crippen molar-refractivity contribution in [1.82, 2.24) is 15.0 Å². The zero-order valence-electron chi connectivity index (χ0n) is 15.8. The summed E-state index contributed by atoms with van der Waals surface area (Å²) < 4.78 is 19.3. The maximum Gasteiger partial charge on any atom is 0.229 e. The normalized spacial score (nSPS) is 15.3. The first-order valence-electron chi connectivity index (χ1n) is 9.58. The molecule has 2 heterocycles. The predicted octanol–water partition coefficient (Wildman–Crippen LogP) is 4.81. The van der Waals surface area contributed by atoms with Crippen LogP contribution in [-0.2, 0) is 13.0 Å². The van der Waals surface area contributed by atoms with Crippen molar-refractivity contribution < 1.29 is 8.91 Å². The Morgan fingerprint density at radius 1 is 1.17 bits per heavy atom. The van der Waals surface area contributed by atoms with Crippen LogP contribution in [0.1, 0.15) is 47.2 Å². The van der Waals surface area contributed by atoms with Gasteiger partial charge in [-0.2, -0.15) is 10.2 Å². The molecule has 0 saturated carbocycles. The number of rotatable bonds is 5. The number of piperidine rings is 1. The minimum Gasteiger partial charge on any atom is -0.339 e. The summed E-state index contributed by atoms with van der Waals surface area (Å²) >= 11 is 3.20. The summed E-state index contributed by atoms with van der Waals surface area (Å²) in [7, 11) is 0. The van der Waals surface area contributed by atoms with Gasteiger partial charge in [-0.3, -0.25) is 4.90 Å². The Hall–Kier alpha value is -2.56. The van der Waals surface area contributed by atoms with Gasteiger partial charge in [-0.25, -0.2) is 4.39 Å². The molecule has 0 aliphatic carbocycles. The van der Waals surface area contributed by atoms with E-state index in [2.05, 4.69) is 43.1 Å². The van der Waals surface area contributed by atoms with E-state index in [0.29, 0.717) is 28.2 Å². The van der Waals surface area contributed by atoms with Crippen molar-refractivity contribution in [2.24, 2.45) is 0 Å². The second kappa shape index (κ2) is 8.85. The first-order chi connectivity index (χ1) is 14.1. The number of nitriles is 1. The molecule has 4 rings (SSSR count). The van der Waals surface area contributed by atoms with Gasteiger partial charge in [0.25, 0.3) is 0 Å². The quantitative estimate of drug-likeness (QED) is 0.553. The number of aromatic nitrogens is 2. The molecule has 1 aromatic heterocycles. The van der Waals surface area contributed by atoms with Crippen LogP contribution in [-0.4, -0.2) is 28.1 Å². The van der Waals surface area contributed by atoms with Crippen LogP contribution in [0.5, 0.6) is 0 Å². The van der Waals surface area contributed by atoms with Gasteiger partial charge in [0.1, 0.15) is 5.82 Å². The SMILES string of the molecule is N#Cc1cccc(CN2CCC(c3nc(Cc4ccc(F)c(Br)c4)no3)CC2)c1. The highest BCUT2D eigenvalue weighted by atomic mass is 79.9. The van der Waals surface area contributed by atoms with Gasteiger partial charge >= 0.3 is 0 Å². The number of hydrogen-bond donors (Lipinski definition) is 0. The highest BCUT2D eigenvalue weighted by molar-refractivity contribution is 9.10. The van der Waals surface area contributed by atoms with Crippen LogP contribution >= 0.6 is 15.9 Å². The van der Waals surface area contributed by atoms with Crippen molar-refractivity contribution in [1.29, 1.82) is 5.26 Å². The van der Waals surface area contributed by atoms with Crippen LogP contribution in [0.25, 0.3) is 0 Å². The van der Waals surface area contributed by atoms with E-state index in [1.54, 1.807) is 12.1 Å². The molecule has 1 saturated heterocycles. The lowest BCUT2D eigenvalue weighted by molar-refractivity contribution is 0.187. The van der Waals surface area contributed by atoms with Gasteiger partial charge in [-0.05, 0) is 77.3 Å². The molecule has 1 fully saturated rings. The monoisotopic (exact) mass is 454 g/mol. The van der Waals surface area contributed by atoms with Gasteiger partial charge in [0.15, 0.2) is 5.82 Å². The molecule has 3 aromatic rings. The Morgan fingerprint density at radius 2 is 2.00 bits per heavy atom. The summed E-state index contributed by atoms with van der Waals surface area (Å²) in [6, 6.07) is 14.9. The first-order valence-corrected chi connectivity index (χ1v) is 10.4. The highest BCUT2D eigenvalue weighted by Gasteiger charge is 2.25. The molecule has 0 spiro atoms. The Kier molecular flexibility index (Phi) is 6.02. The molecule has 1 aliphatic heterocycles. The van der Waals surface area contributed by atoms with Gasteiger partial charge < -0.3 is 4.52 Å². The maximum absolute atomic E-state index is 13.4. The fraction of sp³-hybridized carbons (Fsp3) is 0.318. The van der Waals surface area contributed by atoms with E-state index < -0.39 is 0 Å². The molecule has 0 radical (unpaired) electrons. The van der Waals surface area contributed by atoms with Crippen LogP contribution in [0.15, 0.2) is 51.5 Å². The van der Waals surface area contributed by atoms with Crippen LogP contribution in [0, 0.1) is 17.1 Å². The van der Waals surface area contributed by atoms with E-state index in [1.807, 2.05) is 18.2 Å². The van der Waals surface area contributed by atoms with Gasteiger partial charge in [-0.15, -0.1) is 0 Å².